The summed E-state index contributed by atoms with van der Waals surface area (Å²) in [4.78, 5) is 26.8. The second-order valence-electron chi connectivity index (χ2n) is 7.83. The van der Waals surface area contributed by atoms with E-state index in [-0.39, 0.29) is 17.9 Å². The van der Waals surface area contributed by atoms with Crippen molar-refractivity contribution in [2.75, 3.05) is 32.1 Å². The summed E-state index contributed by atoms with van der Waals surface area (Å²) in [5, 5.41) is 15.3. The highest BCUT2D eigenvalue weighted by atomic mass is 32.1. The number of rotatable bonds is 7. The van der Waals surface area contributed by atoms with E-state index in [9.17, 15) is 9.59 Å². The molecule has 30 heavy (non-hydrogen) atoms. The van der Waals surface area contributed by atoms with Gasteiger partial charge in [-0.3, -0.25) is 4.79 Å². The van der Waals surface area contributed by atoms with Crippen LogP contribution in [0.25, 0.3) is 0 Å². The Bertz CT molecular complexity index is 853. The number of nitrogens with zero attached hydrogens (tertiary/aromatic N) is 3. The molecule has 8 nitrogen and oxygen atoms in total. The Labute approximate surface area is 181 Å². The van der Waals surface area contributed by atoms with Crippen molar-refractivity contribution in [1.82, 2.24) is 20.4 Å². The highest BCUT2D eigenvalue weighted by Gasteiger charge is 2.28. The summed E-state index contributed by atoms with van der Waals surface area (Å²) < 4.78 is 5.12. The van der Waals surface area contributed by atoms with Gasteiger partial charge in [0, 0.05) is 31.2 Å². The summed E-state index contributed by atoms with van der Waals surface area (Å²) in [6.45, 7) is 6.31. The van der Waals surface area contributed by atoms with Crippen LogP contribution >= 0.6 is 11.3 Å². The van der Waals surface area contributed by atoms with Crippen molar-refractivity contribution in [1.29, 1.82) is 0 Å². The van der Waals surface area contributed by atoms with E-state index in [4.69, 9.17) is 4.74 Å². The molecule has 0 unspecified atom stereocenters. The highest BCUT2D eigenvalue weighted by molar-refractivity contribution is 7.13. The number of amides is 3. The average Bonchev–Trinajstić information content (AvgIpc) is 3.24. The molecule has 1 fully saturated rings. The van der Waals surface area contributed by atoms with Gasteiger partial charge in [-0.1, -0.05) is 25.2 Å². The number of urea groups is 1. The first-order valence-electron chi connectivity index (χ1n) is 10.3. The second-order valence-corrected chi connectivity index (χ2v) is 8.84. The average molecular weight is 432 g/mol. The number of likely N-dealkylation sites (tertiary alicyclic amines) is 1. The van der Waals surface area contributed by atoms with Gasteiger partial charge in [0.05, 0.1) is 7.11 Å². The summed E-state index contributed by atoms with van der Waals surface area (Å²) in [5.74, 6) is 1.10. The molecule has 1 aliphatic heterocycles. The number of hydrogen-bond acceptors (Lipinski definition) is 6. The van der Waals surface area contributed by atoms with Crippen LogP contribution in [0.2, 0.25) is 0 Å². The van der Waals surface area contributed by atoms with E-state index in [0.717, 1.165) is 36.6 Å². The zero-order chi connectivity index (χ0) is 21.5. The molecule has 0 aliphatic carbocycles. The van der Waals surface area contributed by atoms with Gasteiger partial charge in [0.25, 0.3) is 5.91 Å². The Morgan fingerprint density at radius 3 is 2.73 bits per heavy atom. The van der Waals surface area contributed by atoms with E-state index in [1.54, 1.807) is 31.4 Å². The van der Waals surface area contributed by atoms with Gasteiger partial charge in [0.15, 0.2) is 0 Å². The Morgan fingerprint density at radius 2 is 2.03 bits per heavy atom. The zero-order valence-corrected chi connectivity index (χ0v) is 18.5. The number of methoxy groups -OCH3 is 1. The summed E-state index contributed by atoms with van der Waals surface area (Å²) in [6.07, 6.45) is 2.81. The lowest BCUT2D eigenvalue weighted by Crippen LogP contribution is -2.45. The summed E-state index contributed by atoms with van der Waals surface area (Å²) in [7, 11) is 1.60. The molecule has 1 aromatic heterocycles. The predicted octanol–water partition coefficient (Wildman–Crippen LogP) is 3.73. The predicted molar refractivity (Wildman–Crippen MR) is 117 cm³/mol. The normalized spacial score (nSPS) is 16.4. The number of piperidine rings is 1. The van der Waals surface area contributed by atoms with Gasteiger partial charge in [0.2, 0.25) is 5.01 Å². The molecule has 3 amide bonds. The number of carbonyl (C=O) groups excluding carboxylic acids is 2. The van der Waals surface area contributed by atoms with Crippen LogP contribution in [-0.4, -0.2) is 53.8 Å². The largest absolute Gasteiger partial charge is 0.497 e. The van der Waals surface area contributed by atoms with Crippen LogP contribution in [-0.2, 0) is 0 Å². The van der Waals surface area contributed by atoms with Gasteiger partial charge in [-0.25, -0.2) is 4.79 Å². The minimum atomic E-state index is -0.289. The highest BCUT2D eigenvalue weighted by Crippen LogP contribution is 2.29. The minimum absolute atomic E-state index is 0.0256. The quantitative estimate of drug-likeness (QED) is 0.696. The third kappa shape index (κ3) is 5.91. The van der Waals surface area contributed by atoms with E-state index in [0.29, 0.717) is 29.7 Å². The van der Waals surface area contributed by atoms with Crippen molar-refractivity contribution in [3.8, 4) is 5.75 Å². The van der Waals surface area contributed by atoms with Crippen LogP contribution in [0, 0.1) is 5.92 Å². The Balaban J connectivity index is 1.56. The van der Waals surface area contributed by atoms with Crippen LogP contribution in [0.5, 0.6) is 5.75 Å². The van der Waals surface area contributed by atoms with Crippen LogP contribution in [0.3, 0.4) is 0 Å². The van der Waals surface area contributed by atoms with Crippen molar-refractivity contribution < 1.29 is 14.3 Å². The lowest BCUT2D eigenvalue weighted by Gasteiger charge is -2.31. The van der Waals surface area contributed by atoms with Gasteiger partial charge in [0.1, 0.15) is 10.8 Å². The van der Waals surface area contributed by atoms with Crippen molar-refractivity contribution in [3.63, 3.8) is 0 Å². The third-order valence-electron chi connectivity index (χ3n) is 5.04. The molecule has 3 rings (SSSR count). The van der Waals surface area contributed by atoms with Crippen molar-refractivity contribution in [3.05, 3.63) is 34.3 Å². The van der Waals surface area contributed by atoms with E-state index in [1.165, 1.54) is 11.3 Å². The fraction of sp³-hybridized carbons (Fsp3) is 0.524. The van der Waals surface area contributed by atoms with Gasteiger partial charge in [-0.2, -0.15) is 0 Å². The smallest absolute Gasteiger partial charge is 0.317 e. The first kappa shape index (κ1) is 22.0. The molecule has 0 saturated carbocycles. The van der Waals surface area contributed by atoms with Gasteiger partial charge in [-0.15, -0.1) is 10.2 Å². The molecule has 0 spiro atoms. The standard InChI is InChI=1S/C21H29N5O3S/c1-14(2)10-11-22-21(28)26-12-4-5-15(13-26)19-24-25-20(30-19)18(27)23-16-6-8-17(29-3)9-7-16/h6-9,14-15H,4-5,10-13H2,1-3H3,(H,22,28)(H,23,27)/t15-/m0/s1. The number of benzene rings is 1. The molecule has 2 aromatic rings. The maximum absolute atomic E-state index is 12.5. The molecule has 1 saturated heterocycles. The van der Waals surface area contributed by atoms with Gasteiger partial charge < -0.3 is 20.3 Å². The lowest BCUT2D eigenvalue weighted by molar-refractivity contribution is 0.102. The Kier molecular flexibility index (Phi) is 7.62. The third-order valence-corrected chi connectivity index (χ3v) is 6.12. The second kappa shape index (κ2) is 10.4. The van der Waals surface area contributed by atoms with Crippen LogP contribution < -0.4 is 15.4 Å². The van der Waals surface area contributed by atoms with E-state index < -0.39 is 0 Å². The monoisotopic (exact) mass is 431 g/mol. The van der Waals surface area contributed by atoms with Crippen molar-refractivity contribution in [2.24, 2.45) is 5.92 Å². The lowest BCUT2D eigenvalue weighted by atomic mass is 9.99. The number of anilines is 1. The number of aromatic nitrogens is 2. The topological polar surface area (TPSA) is 96.4 Å². The fourth-order valence-electron chi connectivity index (χ4n) is 3.29. The summed E-state index contributed by atoms with van der Waals surface area (Å²) in [5.41, 5.74) is 0.666. The molecule has 0 bridgehead atoms. The maximum Gasteiger partial charge on any atom is 0.317 e. The number of hydrogen-bond donors (Lipinski definition) is 2. The van der Waals surface area contributed by atoms with E-state index in [2.05, 4.69) is 34.7 Å². The fourth-order valence-corrected chi connectivity index (χ4v) is 4.16. The first-order valence-corrected chi connectivity index (χ1v) is 11.1. The molecule has 1 atom stereocenters. The molecule has 2 heterocycles. The molecule has 0 radical (unpaired) electrons. The maximum atomic E-state index is 12.5. The summed E-state index contributed by atoms with van der Waals surface area (Å²) >= 11 is 1.29. The molecule has 1 aromatic carbocycles. The summed E-state index contributed by atoms with van der Waals surface area (Å²) in [6, 6.07) is 7.08. The number of nitrogens with one attached hydrogen (secondary N) is 2. The SMILES string of the molecule is COc1ccc(NC(=O)c2nnc([C@H]3CCCN(C(=O)NCCC(C)C)C3)s2)cc1. The number of carbonyl (C=O) groups is 2. The molecular weight excluding hydrogens is 402 g/mol. The Hall–Kier alpha value is -2.68. The molecule has 162 valence electrons. The molecule has 1 aliphatic rings. The Morgan fingerprint density at radius 1 is 1.27 bits per heavy atom. The number of ether oxygens (including phenoxy) is 1. The zero-order valence-electron chi connectivity index (χ0n) is 17.7. The van der Waals surface area contributed by atoms with E-state index in [1.807, 2.05) is 4.90 Å². The van der Waals surface area contributed by atoms with Gasteiger partial charge >= 0.3 is 6.03 Å². The molecular formula is C21H29N5O3S. The molecule has 9 heteroatoms. The van der Waals surface area contributed by atoms with Crippen molar-refractivity contribution >= 4 is 29.0 Å². The van der Waals surface area contributed by atoms with Crippen LogP contribution in [0.1, 0.15) is 53.8 Å². The van der Waals surface area contributed by atoms with Crippen LogP contribution in [0.4, 0.5) is 10.5 Å². The minimum Gasteiger partial charge on any atom is -0.497 e. The molecule has 2 N–H and O–H groups in total. The van der Waals surface area contributed by atoms with Crippen LogP contribution in [0.15, 0.2) is 24.3 Å². The van der Waals surface area contributed by atoms with Crippen molar-refractivity contribution in [2.45, 2.75) is 39.0 Å². The van der Waals surface area contributed by atoms with Gasteiger partial charge in [-0.05, 0) is 49.4 Å². The first-order chi connectivity index (χ1) is 14.5. The van der Waals surface area contributed by atoms with E-state index >= 15 is 0 Å².